The summed E-state index contributed by atoms with van der Waals surface area (Å²) in [4.78, 5) is 15.1. The van der Waals surface area contributed by atoms with Crippen molar-refractivity contribution >= 4 is 44.8 Å². The Morgan fingerprint density at radius 3 is 2.69 bits per heavy atom. The molecule has 0 aliphatic carbocycles. The fourth-order valence-electron chi connectivity index (χ4n) is 3.45. The van der Waals surface area contributed by atoms with Crippen molar-refractivity contribution < 1.29 is 0 Å². The Morgan fingerprint density at radius 1 is 1.21 bits per heavy atom. The van der Waals surface area contributed by atoms with Crippen molar-refractivity contribution in [2.75, 3.05) is 7.05 Å². The van der Waals surface area contributed by atoms with Gasteiger partial charge in [-0.3, -0.25) is 18.7 Å². The third kappa shape index (κ3) is 3.59. The number of halogens is 1. The molecular formula is C21H20BrN5OS. The summed E-state index contributed by atoms with van der Waals surface area (Å²) >= 11 is 9.33. The highest BCUT2D eigenvalue weighted by molar-refractivity contribution is 9.10. The zero-order valence-corrected chi connectivity index (χ0v) is 18.4. The number of aromatic nitrogens is 4. The molecule has 0 spiro atoms. The molecule has 0 atom stereocenters. The predicted octanol–water partition coefficient (Wildman–Crippen LogP) is 4.22. The van der Waals surface area contributed by atoms with E-state index in [0.717, 1.165) is 16.5 Å². The molecule has 0 amide bonds. The summed E-state index contributed by atoms with van der Waals surface area (Å²) < 4.78 is 6.84. The maximum Gasteiger partial charge on any atom is 0.263 e. The SMILES string of the molecule is C=CCn1c(=O)c2ccccc2n2c(=S)n(CN(C)Cc3ccccc3Br)nc12. The van der Waals surface area contributed by atoms with Gasteiger partial charge in [0.15, 0.2) is 0 Å². The zero-order valence-electron chi connectivity index (χ0n) is 16.0. The van der Waals surface area contributed by atoms with Crippen molar-refractivity contribution in [2.24, 2.45) is 0 Å². The lowest BCUT2D eigenvalue weighted by Gasteiger charge is -2.17. The summed E-state index contributed by atoms with van der Waals surface area (Å²) in [5.41, 5.74) is 1.85. The van der Waals surface area contributed by atoms with Gasteiger partial charge in [-0.2, -0.15) is 0 Å². The molecule has 2 aromatic heterocycles. The van der Waals surface area contributed by atoms with Crippen molar-refractivity contribution in [1.29, 1.82) is 0 Å². The largest absolute Gasteiger partial charge is 0.283 e. The van der Waals surface area contributed by atoms with Crippen molar-refractivity contribution in [1.82, 2.24) is 23.6 Å². The molecule has 0 saturated heterocycles. The van der Waals surface area contributed by atoms with Gasteiger partial charge >= 0.3 is 0 Å². The van der Waals surface area contributed by atoms with E-state index in [0.29, 0.717) is 29.1 Å². The van der Waals surface area contributed by atoms with Gasteiger partial charge in [0.05, 0.1) is 17.6 Å². The van der Waals surface area contributed by atoms with Crippen LogP contribution in [0.3, 0.4) is 0 Å². The number of rotatable bonds is 6. The number of fused-ring (bicyclic) bond motifs is 3. The Hall–Kier alpha value is -2.55. The van der Waals surface area contributed by atoms with Gasteiger partial charge in [0.2, 0.25) is 10.5 Å². The van der Waals surface area contributed by atoms with E-state index in [1.165, 1.54) is 5.56 Å². The van der Waals surface area contributed by atoms with Gasteiger partial charge < -0.3 is 0 Å². The summed E-state index contributed by atoms with van der Waals surface area (Å²) in [5, 5.41) is 5.29. The van der Waals surface area contributed by atoms with Crippen LogP contribution in [-0.2, 0) is 19.8 Å². The van der Waals surface area contributed by atoms with Gasteiger partial charge in [0.25, 0.3) is 5.56 Å². The Labute approximate surface area is 181 Å². The van der Waals surface area contributed by atoms with Crippen LogP contribution >= 0.6 is 28.1 Å². The normalized spacial score (nSPS) is 11.6. The van der Waals surface area contributed by atoms with Crippen LogP contribution < -0.4 is 5.56 Å². The van der Waals surface area contributed by atoms with Crippen LogP contribution in [0, 0.1) is 4.77 Å². The summed E-state index contributed by atoms with van der Waals surface area (Å²) in [5.74, 6) is 0.521. The molecule has 6 nitrogen and oxygen atoms in total. The van der Waals surface area contributed by atoms with Crippen LogP contribution in [0.5, 0.6) is 0 Å². The molecule has 4 rings (SSSR count). The molecule has 2 heterocycles. The summed E-state index contributed by atoms with van der Waals surface area (Å²) in [6, 6.07) is 15.6. The molecule has 0 aliphatic heterocycles. The standard InChI is InChI=1S/C21H20BrN5OS/c1-3-12-25-19(28)16-9-5-7-11-18(16)27-20(25)23-26(21(27)29)14-24(2)13-15-8-4-6-10-17(15)22/h3-11H,1,12-14H2,2H3. The van der Waals surface area contributed by atoms with Crippen LogP contribution in [0.2, 0.25) is 0 Å². The van der Waals surface area contributed by atoms with E-state index < -0.39 is 0 Å². The van der Waals surface area contributed by atoms with E-state index in [2.05, 4.69) is 38.6 Å². The van der Waals surface area contributed by atoms with Crippen molar-refractivity contribution in [3.63, 3.8) is 0 Å². The third-order valence-corrected chi connectivity index (χ3v) is 5.94. The number of para-hydroxylation sites is 1. The lowest BCUT2D eigenvalue weighted by Crippen LogP contribution is -2.23. The smallest absolute Gasteiger partial charge is 0.263 e. The molecule has 0 saturated carbocycles. The van der Waals surface area contributed by atoms with Crippen LogP contribution in [0.15, 0.2) is 70.5 Å². The van der Waals surface area contributed by atoms with Crippen molar-refractivity contribution in [3.8, 4) is 0 Å². The Bertz CT molecular complexity index is 1340. The van der Waals surface area contributed by atoms with Crippen LogP contribution in [0.4, 0.5) is 0 Å². The highest BCUT2D eigenvalue weighted by Gasteiger charge is 2.16. The predicted molar refractivity (Wildman–Crippen MR) is 122 cm³/mol. The summed E-state index contributed by atoms with van der Waals surface area (Å²) in [6.45, 7) is 5.37. The number of hydrogen-bond donors (Lipinski definition) is 0. The molecule has 0 unspecified atom stereocenters. The fraction of sp³-hybridized carbons (Fsp3) is 0.190. The lowest BCUT2D eigenvalue weighted by molar-refractivity contribution is 0.244. The maximum atomic E-state index is 13.0. The molecular weight excluding hydrogens is 450 g/mol. The lowest BCUT2D eigenvalue weighted by atomic mass is 10.2. The van der Waals surface area contributed by atoms with Gasteiger partial charge in [0, 0.05) is 17.6 Å². The first-order chi connectivity index (χ1) is 14.0. The van der Waals surface area contributed by atoms with E-state index in [-0.39, 0.29) is 5.56 Å². The van der Waals surface area contributed by atoms with E-state index in [1.807, 2.05) is 53.9 Å². The number of allylic oxidation sites excluding steroid dienone is 1. The minimum absolute atomic E-state index is 0.0956. The first-order valence-corrected chi connectivity index (χ1v) is 10.4. The molecule has 0 aliphatic rings. The molecule has 29 heavy (non-hydrogen) atoms. The van der Waals surface area contributed by atoms with Gasteiger partial charge in [-0.15, -0.1) is 11.7 Å². The van der Waals surface area contributed by atoms with Gasteiger partial charge in [0.1, 0.15) is 0 Å². The average Bonchev–Trinajstić information content (AvgIpc) is 3.03. The molecule has 0 bridgehead atoms. The topological polar surface area (TPSA) is 47.5 Å². The van der Waals surface area contributed by atoms with Gasteiger partial charge in [-0.25, -0.2) is 4.68 Å². The fourth-order valence-corrected chi connectivity index (χ4v) is 4.14. The van der Waals surface area contributed by atoms with Crippen LogP contribution in [-0.4, -0.2) is 30.7 Å². The second-order valence-corrected chi connectivity index (χ2v) is 8.11. The first-order valence-electron chi connectivity index (χ1n) is 9.15. The molecule has 8 heteroatoms. The monoisotopic (exact) mass is 469 g/mol. The maximum absolute atomic E-state index is 13.0. The minimum atomic E-state index is -0.0956. The Balaban J connectivity index is 1.81. The van der Waals surface area contributed by atoms with Crippen molar-refractivity contribution in [2.45, 2.75) is 19.8 Å². The molecule has 0 fully saturated rings. The van der Waals surface area contributed by atoms with E-state index in [1.54, 1.807) is 15.3 Å². The minimum Gasteiger partial charge on any atom is -0.283 e. The van der Waals surface area contributed by atoms with Crippen LogP contribution in [0.1, 0.15) is 5.56 Å². The van der Waals surface area contributed by atoms with Crippen LogP contribution in [0.25, 0.3) is 16.7 Å². The quantitative estimate of drug-likeness (QED) is 0.313. The number of benzene rings is 2. The molecule has 148 valence electrons. The van der Waals surface area contributed by atoms with E-state index in [9.17, 15) is 4.79 Å². The second-order valence-electron chi connectivity index (χ2n) is 6.89. The zero-order chi connectivity index (χ0) is 20.5. The Morgan fingerprint density at radius 2 is 1.93 bits per heavy atom. The molecule has 0 radical (unpaired) electrons. The van der Waals surface area contributed by atoms with Crippen molar-refractivity contribution in [3.05, 3.63) is 86.3 Å². The number of nitrogens with zero attached hydrogens (tertiary/aromatic N) is 5. The molecule has 0 N–H and O–H groups in total. The third-order valence-electron chi connectivity index (χ3n) is 4.77. The van der Waals surface area contributed by atoms with E-state index in [4.69, 9.17) is 12.2 Å². The first kappa shape index (κ1) is 19.8. The Kier molecular flexibility index (Phi) is 5.49. The number of hydrogen-bond acceptors (Lipinski definition) is 4. The molecule has 2 aromatic carbocycles. The highest BCUT2D eigenvalue weighted by atomic mass is 79.9. The highest BCUT2D eigenvalue weighted by Crippen LogP contribution is 2.18. The van der Waals surface area contributed by atoms with E-state index >= 15 is 0 Å². The average molecular weight is 470 g/mol. The summed E-state index contributed by atoms with van der Waals surface area (Å²) in [7, 11) is 2.01. The summed E-state index contributed by atoms with van der Waals surface area (Å²) in [6.07, 6.45) is 1.69. The second kappa shape index (κ2) is 8.06. The molecule has 4 aromatic rings. The van der Waals surface area contributed by atoms with Gasteiger partial charge in [-0.05, 0) is 43.0 Å². The van der Waals surface area contributed by atoms with Gasteiger partial charge in [-0.1, -0.05) is 52.3 Å².